The number of benzene rings is 2. The van der Waals surface area contributed by atoms with Crippen LogP contribution in [0.15, 0.2) is 53.3 Å². The van der Waals surface area contributed by atoms with Gasteiger partial charge in [-0.05, 0) is 50.2 Å². The Hall–Kier alpha value is -3.24. The number of halogens is 4. The monoisotopic (exact) mass is 492 g/mol. The van der Waals surface area contributed by atoms with Crippen molar-refractivity contribution in [3.63, 3.8) is 0 Å². The van der Waals surface area contributed by atoms with Crippen LogP contribution in [0.4, 0.5) is 18.3 Å². The summed E-state index contributed by atoms with van der Waals surface area (Å²) in [6, 6.07) is 10.8. The number of alkyl halides is 3. The fourth-order valence-corrected chi connectivity index (χ4v) is 4.44. The van der Waals surface area contributed by atoms with Gasteiger partial charge in [-0.2, -0.15) is 18.3 Å². The van der Waals surface area contributed by atoms with Crippen LogP contribution in [0.1, 0.15) is 28.7 Å². The second-order valence-corrected chi connectivity index (χ2v) is 8.56. The first-order valence-corrected chi connectivity index (χ1v) is 10.9. The molecule has 6 nitrogen and oxygen atoms in total. The summed E-state index contributed by atoms with van der Waals surface area (Å²) in [6.45, 7) is 3.44. The first kappa shape index (κ1) is 22.9. The average Bonchev–Trinajstić information content (AvgIpc) is 3.16. The minimum Gasteiger partial charge on any atom is -0.287 e. The van der Waals surface area contributed by atoms with Gasteiger partial charge in [0.15, 0.2) is 10.8 Å². The van der Waals surface area contributed by atoms with Gasteiger partial charge in [-0.1, -0.05) is 29.0 Å². The molecule has 0 saturated carbocycles. The number of carbonyl (C=O) groups excluding carboxylic acids is 1. The molecule has 0 unspecified atom stereocenters. The van der Waals surface area contributed by atoms with Crippen molar-refractivity contribution >= 4 is 44.2 Å². The molecule has 2 aromatic heterocycles. The maximum atomic E-state index is 13.3. The predicted molar refractivity (Wildman–Crippen MR) is 122 cm³/mol. The fourth-order valence-electron chi connectivity index (χ4n) is 3.27. The molecule has 0 saturated heterocycles. The highest BCUT2D eigenvalue weighted by Gasteiger charge is 2.31. The molecule has 2 aromatic carbocycles. The molecule has 0 fully saturated rings. The highest BCUT2D eigenvalue weighted by atomic mass is 35.5. The molecular formula is C22H16ClF3N4O2S. The molecule has 1 amide bonds. The van der Waals surface area contributed by atoms with Crippen molar-refractivity contribution in [1.82, 2.24) is 14.8 Å². The lowest BCUT2D eigenvalue weighted by Crippen LogP contribution is -2.36. The number of thiazole rings is 1. The maximum Gasteiger partial charge on any atom is 0.416 e. The number of nitrogens with zero attached hydrogens (tertiary/aromatic N) is 4. The fraction of sp³-hybridized carbons (Fsp3) is 0.182. The van der Waals surface area contributed by atoms with Crippen molar-refractivity contribution < 1.29 is 18.0 Å². The Morgan fingerprint density at radius 1 is 1.18 bits per heavy atom. The van der Waals surface area contributed by atoms with E-state index in [4.69, 9.17) is 11.6 Å². The van der Waals surface area contributed by atoms with Crippen LogP contribution >= 0.6 is 22.9 Å². The van der Waals surface area contributed by atoms with Gasteiger partial charge in [0.1, 0.15) is 0 Å². The normalized spacial score (nSPS) is 11.7. The topological polar surface area (TPSA) is 68.1 Å². The van der Waals surface area contributed by atoms with Gasteiger partial charge in [-0.15, -0.1) is 0 Å². The SMILES string of the molecule is CCN(C(=O)c1nn(-c2cccc(C(F)(F)F)c2)c(C)cc1=O)c1nc2cc(Cl)ccc2s1. The Bertz CT molecular complexity index is 1430. The Morgan fingerprint density at radius 3 is 2.64 bits per heavy atom. The van der Waals surface area contributed by atoms with E-state index in [2.05, 4.69) is 10.1 Å². The Balaban J connectivity index is 1.78. The van der Waals surface area contributed by atoms with E-state index in [1.165, 1.54) is 41.4 Å². The molecule has 4 aromatic rings. The largest absolute Gasteiger partial charge is 0.416 e. The van der Waals surface area contributed by atoms with Crippen molar-refractivity contribution in [2.75, 3.05) is 11.4 Å². The minimum absolute atomic E-state index is 0.0778. The standard InChI is InChI=1S/C22H16ClF3N4O2S/c1-3-29(21-27-16-11-14(23)7-8-18(16)33-21)20(32)19-17(31)9-12(2)30(28-19)15-6-4-5-13(10-15)22(24,25)26/h4-11H,3H2,1-2H3. The third-order valence-electron chi connectivity index (χ3n) is 4.86. The molecule has 2 heterocycles. The number of fused-ring (bicyclic) bond motifs is 1. The van der Waals surface area contributed by atoms with Crippen LogP contribution in [0.25, 0.3) is 15.9 Å². The second-order valence-electron chi connectivity index (χ2n) is 7.12. The lowest BCUT2D eigenvalue weighted by molar-refractivity contribution is -0.137. The van der Waals surface area contributed by atoms with Crippen LogP contribution in [-0.4, -0.2) is 27.2 Å². The third-order valence-corrected chi connectivity index (χ3v) is 6.15. The van der Waals surface area contributed by atoms with Crippen LogP contribution in [0.2, 0.25) is 5.02 Å². The molecule has 4 rings (SSSR count). The number of hydrogen-bond donors (Lipinski definition) is 0. The summed E-state index contributed by atoms with van der Waals surface area (Å²) >= 11 is 7.26. The van der Waals surface area contributed by atoms with Gasteiger partial charge in [-0.25, -0.2) is 9.67 Å². The van der Waals surface area contributed by atoms with Gasteiger partial charge in [0.2, 0.25) is 5.43 Å². The summed E-state index contributed by atoms with van der Waals surface area (Å²) in [7, 11) is 0. The van der Waals surface area contributed by atoms with E-state index >= 15 is 0 Å². The summed E-state index contributed by atoms with van der Waals surface area (Å²) < 4.78 is 41.4. The summed E-state index contributed by atoms with van der Waals surface area (Å²) in [6.07, 6.45) is -4.55. The van der Waals surface area contributed by atoms with E-state index in [-0.39, 0.29) is 17.9 Å². The Kier molecular flexibility index (Phi) is 5.98. The zero-order valence-electron chi connectivity index (χ0n) is 17.4. The first-order chi connectivity index (χ1) is 15.6. The number of amides is 1. The number of carbonyl (C=O) groups is 1. The van der Waals surface area contributed by atoms with Crippen LogP contribution < -0.4 is 10.3 Å². The van der Waals surface area contributed by atoms with Gasteiger partial charge in [0, 0.05) is 23.3 Å². The molecule has 33 heavy (non-hydrogen) atoms. The van der Waals surface area contributed by atoms with E-state index in [1.807, 2.05) is 0 Å². The minimum atomic E-state index is -4.55. The van der Waals surface area contributed by atoms with E-state index in [0.29, 0.717) is 15.7 Å². The Labute approximate surface area is 194 Å². The van der Waals surface area contributed by atoms with Gasteiger partial charge in [0.05, 0.1) is 21.5 Å². The smallest absolute Gasteiger partial charge is 0.287 e. The van der Waals surface area contributed by atoms with Crippen LogP contribution in [-0.2, 0) is 6.18 Å². The van der Waals surface area contributed by atoms with Crippen molar-refractivity contribution in [3.8, 4) is 5.69 Å². The summed E-state index contributed by atoms with van der Waals surface area (Å²) in [5.41, 5.74) is -0.953. The zero-order valence-corrected chi connectivity index (χ0v) is 18.9. The highest BCUT2D eigenvalue weighted by molar-refractivity contribution is 7.22. The zero-order chi connectivity index (χ0) is 23.9. The maximum absolute atomic E-state index is 13.3. The molecule has 0 N–H and O–H groups in total. The molecule has 0 spiro atoms. The van der Waals surface area contributed by atoms with E-state index in [1.54, 1.807) is 25.1 Å². The molecule has 0 atom stereocenters. The lowest BCUT2D eigenvalue weighted by atomic mass is 10.2. The molecule has 0 radical (unpaired) electrons. The van der Waals surface area contributed by atoms with E-state index in [9.17, 15) is 22.8 Å². The molecule has 0 bridgehead atoms. The van der Waals surface area contributed by atoms with Gasteiger partial charge < -0.3 is 0 Å². The first-order valence-electron chi connectivity index (χ1n) is 9.75. The Morgan fingerprint density at radius 2 is 1.94 bits per heavy atom. The number of aryl methyl sites for hydroxylation is 1. The number of aromatic nitrogens is 3. The molecule has 11 heteroatoms. The van der Waals surface area contributed by atoms with Crippen molar-refractivity contribution in [1.29, 1.82) is 0 Å². The summed E-state index contributed by atoms with van der Waals surface area (Å²) in [5, 5.41) is 4.98. The predicted octanol–water partition coefficient (Wildman–Crippen LogP) is 5.49. The number of anilines is 1. The molecule has 0 aliphatic rings. The highest BCUT2D eigenvalue weighted by Crippen LogP contribution is 2.32. The van der Waals surface area contributed by atoms with E-state index in [0.717, 1.165) is 21.5 Å². The van der Waals surface area contributed by atoms with Crippen LogP contribution in [0.3, 0.4) is 0 Å². The average molecular weight is 493 g/mol. The quantitative estimate of drug-likeness (QED) is 0.378. The van der Waals surface area contributed by atoms with E-state index < -0.39 is 28.8 Å². The summed E-state index contributed by atoms with van der Waals surface area (Å²) in [5.74, 6) is -0.701. The van der Waals surface area contributed by atoms with Crippen LogP contribution in [0.5, 0.6) is 0 Å². The van der Waals surface area contributed by atoms with Gasteiger partial charge in [0.25, 0.3) is 5.91 Å². The molecular weight excluding hydrogens is 477 g/mol. The summed E-state index contributed by atoms with van der Waals surface area (Å²) in [4.78, 5) is 31.6. The molecule has 0 aliphatic heterocycles. The van der Waals surface area contributed by atoms with Crippen molar-refractivity contribution in [2.45, 2.75) is 20.0 Å². The van der Waals surface area contributed by atoms with Gasteiger partial charge >= 0.3 is 6.18 Å². The number of hydrogen-bond acceptors (Lipinski definition) is 5. The molecule has 0 aliphatic carbocycles. The lowest BCUT2D eigenvalue weighted by Gasteiger charge is -2.18. The van der Waals surface area contributed by atoms with Gasteiger partial charge in [-0.3, -0.25) is 14.5 Å². The van der Waals surface area contributed by atoms with Crippen LogP contribution in [0, 0.1) is 6.92 Å². The second kappa shape index (κ2) is 8.60. The number of rotatable bonds is 4. The van der Waals surface area contributed by atoms with Crippen molar-refractivity contribution in [3.05, 3.63) is 80.7 Å². The van der Waals surface area contributed by atoms with Crippen molar-refractivity contribution in [2.24, 2.45) is 0 Å². The third kappa shape index (κ3) is 4.49. The molecule has 170 valence electrons.